The van der Waals surface area contributed by atoms with Crippen molar-refractivity contribution in [2.24, 2.45) is 7.05 Å². The van der Waals surface area contributed by atoms with Gasteiger partial charge in [0.25, 0.3) is 5.91 Å². The van der Waals surface area contributed by atoms with Gasteiger partial charge < -0.3 is 14.8 Å². The van der Waals surface area contributed by atoms with Crippen molar-refractivity contribution in [1.82, 2.24) is 19.1 Å². The normalized spacial score (nSPS) is 18.2. The molecule has 0 radical (unpaired) electrons. The summed E-state index contributed by atoms with van der Waals surface area (Å²) in [5, 5.41) is 2.96. The van der Waals surface area contributed by atoms with Crippen molar-refractivity contribution < 1.29 is 13.2 Å². The van der Waals surface area contributed by atoms with Crippen LogP contribution in [0.4, 0.5) is 5.69 Å². The minimum Gasteiger partial charge on any atom is -0.369 e. The van der Waals surface area contributed by atoms with E-state index in [1.165, 1.54) is 21.6 Å². The lowest BCUT2D eigenvalue weighted by molar-refractivity contribution is 0.0943. The molecule has 0 saturated carbocycles. The molecule has 1 N–H and O–H groups in total. The summed E-state index contributed by atoms with van der Waals surface area (Å²) in [6.45, 7) is 8.77. The van der Waals surface area contributed by atoms with Crippen molar-refractivity contribution in [2.75, 3.05) is 57.3 Å². The van der Waals surface area contributed by atoms with Gasteiger partial charge in [-0.3, -0.25) is 9.69 Å². The van der Waals surface area contributed by atoms with Gasteiger partial charge >= 0.3 is 0 Å². The molecule has 2 aliphatic heterocycles. The molecule has 2 aromatic rings. The number of aryl methyl sites for hydroxylation is 2. The van der Waals surface area contributed by atoms with Crippen LogP contribution < -0.4 is 10.2 Å². The number of nitrogens with one attached hydrogen (secondary N) is 1. The van der Waals surface area contributed by atoms with Gasteiger partial charge in [-0.1, -0.05) is 18.6 Å². The smallest absolute Gasteiger partial charge is 0.267 e. The Kier molecular flexibility index (Phi) is 7.95. The lowest BCUT2D eigenvalue weighted by atomic mass is 10.2. The lowest BCUT2D eigenvalue weighted by Crippen LogP contribution is -2.47. The van der Waals surface area contributed by atoms with Crippen molar-refractivity contribution in [2.45, 2.75) is 37.5 Å². The van der Waals surface area contributed by atoms with Gasteiger partial charge in [-0.05, 0) is 56.5 Å². The number of hydrogen-bond donors (Lipinski definition) is 1. The highest BCUT2D eigenvalue weighted by molar-refractivity contribution is 7.89. The van der Waals surface area contributed by atoms with E-state index in [-0.39, 0.29) is 10.8 Å². The summed E-state index contributed by atoms with van der Waals surface area (Å²) in [6, 6.07) is 10.1. The molecule has 3 heterocycles. The van der Waals surface area contributed by atoms with Crippen LogP contribution in [0.25, 0.3) is 0 Å². The van der Waals surface area contributed by atoms with E-state index in [2.05, 4.69) is 46.3 Å². The Morgan fingerprint density at radius 2 is 1.74 bits per heavy atom. The molecule has 2 saturated heterocycles. The van der Waals surface area contributed by atoms with E-state index in [1.807, 2.05) is 0 Å². The molecule has 0 aliphatic carbocycles. The fraction of sp³-hybridized carbons (Fsp3) is 0.560. The molecule has 0 unspecified atom stereocenters. The van der Waals surface area contributed by atoms with Crippen LogP contribution in [0.5, 0.6) is 0 Å². The third-order valence-corrected chi connectivity index (χ3v) is 8.71. The Labute approximate surface area is 203 Å². The first-order chi connectivity index (χ1) is 16.3. The number of hydrogen-bond acceptors (Lipinski definition) is 5. The Balaban J connectivity index is 1.22. The first-order valence-corrected chi connectivity index (χ1v) is 13.8. The van der Waals surface area contributed by atoms with Gasteiger partial charge in [-0.25, -0.2) is 8.42 Å². The Hall–Kier alpha value is -2.36. The minimum atomic E-state index is -3.54. The highest BCUT2D eigenvalue weighted by atomic mass is 32.2. The zero-order chi connectivity index (χ0) is 24.1. The molecule has 34 heavy (non-hydrogen) atoms. The number of amides is 1. The number of piperazine rings is 1. The molecule has 1 aromatic heterocycles. The molecule has 2 fully saturated rings. The number of benzene rings is 1. The second-order valence-electron chi connectivity index (χ2n) is 9.41. The summed E-state index contributed by atoms with van der Waals surface area (Å²) < 4.78 is 29.0. The number of anilines is 1. The molecule has 2 aliphatic rings. The van der Waals surface area contributed by atoms with E-state index >= 15 is 0 Å². The van der Waals surface area contributed by atoms with Crippen molar-refractivity contribution in [3.63, 3.8) is 0 Å². The largest absolute Gasteiger partial charge is 0.369 e. The summed E-state index contributed by atoms with van der Waals surface area (Å²) in [7, 11) is -1.82. The van der Waals surface area contributed by atoms with Crippen LogP contribution >= 0.6 is 0 Å². The molecule has 1 aromatic carbocycles. The summed E-state index contributed by atoms with van der Waals surface area (Å²) in [4.78, 5) is 17.8. The molecule has 186 valence electrons. The number of rotatable bonds is 8. The van der Waals surface area contributed by atoms with Crippen LogP contribution in [0.1, 0.15) is 41.7 Å². The Morgan fingerprint density at radius 3 is 2.44 bits per heavy atom. The third kappa shape index (κ3) is 5.82. The number of sulfonamides is 1. The Morgan fingerprint density at radius 1 is 1.00 bits per heavy atom. The maximum Gasteiger partial charge on any atom is 0.267 e. The molecular formula is C25H37N5O3S. The fourth-order valence-corrected chi connectivity index (χ4v) is 6.39. The van der Waals surface area contributed by atoms with Crippen LogP contribution in [-0.2, 0) is 17.1 Å². The molecular weight excluding hydrogens is 450 g/mol. The van der Waals surface area contributed by atoms with E-state index in [1.54, 1.807) is 17.8 Å². The van der Waals surface area contributed by atoms with E-state index in [0.717, 1.165) is 58.4 Å². The van der Waals surface area contributed by atoms with Gasteiger partial charge in [0, 0.05) is 64.7 Å². The average molecular weight is 488 g/mol. The first kappa shape index (κ1) is 24.8. The maximum absolute atomic E-state index is 12.9. The average Bonchev–Trinajstić information content (AvgIpc) is 3.25. The van der Waals surface area contributed by atoms with Gasteiger partial charge in [0.05, 0.1) is 0 Å². The molecule has 9 heteroatoms. The predicted octanol–water partition coefficient (Wildman–Crippen LogP) is 2.45. The highest BCUT2D eigenvalue weighted by Gasteiger charge is 2.28. The van der Waals surface area contributed by atoms with E-state index < -0.39 is 10.0 Å². The maximum atomic E-state index is 12.9. The number of carbonyl (C=O) groups is 1. The Bertz CT molecular complexity index is 1080. The number of carbonyl (C=O) groups excluding carboxylic acids is 1. The summed E-state index contributed by atoms with van der Waals surface area (Å²) in [5.74, 6) is -0.230. The molecule has 0 spiro atoms. The van der Waals surface area contributed by atoms with Gasteiger partial charge in [0.2, 0.25) is 10.0 Å². The summed E-state index contributed by atoms with van der Waals surface area (Å²) >= 11 is 0. The lowest BCUT2D eigenvalue weighted by Gasteiger charge is -2.36. The standard InChI is InChI=1S/C25H37N5O3S/c1-21-8-6-9-22(18-21)29-16-14-28(15-17-29)11-7-10-26-25(31)24-19-23(20-27(24)2)34(32,33)30-12-4-3-5-13-30/h6,8-9,18-20H,3-5,7,10-17H2,1-2H3,(H,26,31). The second-order valence-corrected chi connectivity index (χ2v) is 11.4. The van der Waals surface area contributed by atoms with Gasteiger partial charge in [0.15, 0.2) is 0 Å². The zero-order valence-electron chi connectivity index (χ0n) is 20.4. The highest BCUT2D eigenvalue weighted by Crippen LogP contribution is 2.22. The number of nitrogens with zero attached hydrogens (tertiary/aromatic N) is 4. The topological polar surface area (TPSA) is 77.9 Å². The summed E-state index contributed by atoms with van der Waals surface area (Å²) in [6.07, 6.45) is 5.25. The van der Waals surface area contributed by atoms with Crippen molar-refractivity contribution in [1.29, 1.82) is 0 Å². The van der Waals surface area contributed by atoms with Crippen LogP contribution in [-0.4, -0.2) is 80.5 Å². The third-order valence-electron chi connectivity index (χ3n) is 6.84. The number of piperidine rings is 1. The van der Waals surface area contributed by atoms with Crippen LogP contribution in [0, 0.1) is 6.92 Å². The van der Waals surface area contributed by atoms with Crippen LogP contribution in [0.2, 0.25) is 0 Å². The molecule has 0 atom stereocenters. The quantitative estimate of drug-likeness (QED) is 0.579. The van der Waals surface area contributed by atoms with E-state index in [4.69, 9.17) is 0 Å². The van der Waals surface area contributed by atoms with Crippen molar-refractivity contribution >= 4 is 21.6 Å². The van der Waals surface area contributed by atoms with Crippen LogP contribution in [0.15, 0.2) is 41.4 Å². The molecule has 8 nitrogen and oxygen atoms in total. The van der Waals surface area contributed by atoms with Crippen molar-refractivity contribution in [3.05, 3.63) is 47.8 Å². The SMILES string of the molecule is Cc1cccc(N2CCN(CCCNC(=O)c3cc(S(=O)(=O)N4CCCCC4)cn3C)CC2)c1. The number of aromatic nitrogens is 1. The molecule has 1 amide bonds. The molecule has 4 rings (SSSR count). The molecule has 0 bridgehead atoms. The first-order valence-electron chi connectivity index (χ1n) is 12.3. The van der Waals surface area contributed by atoms with Gasteiger partial charge in [-0.2, -0.15) is 4.31 Å². The predicted molar refractivity (Wildman–Crippen MR) is 135 cm³/mol. The van der Waals surface area contributed by atoms with Gasteiger partial charge in [-0.15, -0.1) is 0 Å². The summed E-state index contributed by atoms with van der Waals surface area (Å²) in [5.41, 5.74) is 2.95. The minimum absolute atomic E-state index is 0.202. The van der Waals surface area contributed by atoms with Crippen LogP contribution in [0.3, 0.4) is 0 Å². The zero-order valence-corrected chi connectivity index (χ0v) is 21.2. The van der Waals surface area contributed by atoms with Gasteiger partial charge in [0.1, 0.15) is 10.6 Å². The van der Waals surface area contributed by atoms with E-state index in [9.17, 15) is 13.2 Å². The van der Waals surface area contributed by atoms with E-state index in [0.29, 0.717) is 25.3 Å². The van der Waals surface area contributed by atoms with Crippen molar-refractivity contribution in [3.8, 4) is 0 Å². The second kappa shape index (κ2) is 10.9. The fourth-order valence-electron chi connectivity index (χ4n) is 4.80. The monoisotopic (exact) mass is 487 g/mol.